The number of aryl methyl sites for hydroxylation is 1. The van der Waals surface area contributed by atoms with Gasteiger partial charge in [0.15, 0.2) is 5.11 Å². The van der Waals surface area contributed by atoms with Gasteiger partial charge in [-0.3, -0.25) is 4.98 Å². The predicted molar refractivity (Wildman–Crippen MR) is 170 cm³/mol. The van der Waals surface area contributed by atoms with E-state index >= 15 is 0 Å². The fourth-order valence-corrected chi connectivity index (χ4v) is 6.80. The van der Waals surface area contributed by atoms with Gasteiger partial charge in [-0.15, -0.1) is 0 Å². The summed E-state index contributed by atoms with van der Waals surface area (Å²) in [5.41, 5.74) is 8.06. The van der Waals surface area contributed by atoms with Gasteiger partial charge in [0.2, 0.25) is 0 Å². The van der Waals surface area contributed by atoms with Crippen LogP contribution in [-0.4, -0.2) is 41.0 Å². The molecule has 2 aliphatic rings. The molecular formula is C34H33N5OS. The highest BCUT2D eigenvalue weighted by molar-refractivity contribution is 7.80. The van der Waals surface area contributed by atoms with Crippen LogP contribution in [0.4, 0.5) is 11.4 Å². The van der Waals surface area contributed by atoms with Crippen molar-refractivity contribution in [1.82, 2.24) is 14.9 Å². The van der Waals surface area contributed by atoms with Crippen LogP contribution in [0.15, 0.2) is 97.2 Å². The van der Waals surface area contributed by atoms with Gasteiger partial charge >= 0.3 is 0 Å². The number of nitrogens with one attached hydrogen (secondary N) is 1. The van der Waals surface area contributed by atoms with Crippen LogP contribution in [0.2, 0.25) is 0 Å². The average Bonchev–Trinajstić information content (AvgIpc) is 3.52. The third-order valence-electron chi connectivity index (χ3n) is 8.40. The predicted octanol–water partition coefficient (Wildman–Crippen LogP) is 6.66. The van der Waals surface area contributed by atoms with Gasteiger partial charge in [0, 0.05) is 47.4 Å². The Balaban J connectivity index is 1.34. The van der Waals surface area contributed by atoms with Crippen LogP contribution < -0.4 is 15.1 Å². The molecule has 2 saturated heterocycles. The molecule has 2 fully saturated rings. The lowest BCUT2D eigenvalue weighted by Gasteiger charge is -2.31. The minimum Gasteiger partial charge on any atom is -0.378 e. The van der Waals surface area contributed by atoms with Gasteiger partial charge in [0.05, 0.1) is 36.7 Å². The SMILES string of the molecule is Cc1cc([C@H]2[C@@H](c3ccccn3)NC(=S)N2c2ccc(N3CCOCC3)cc2)c(C)n1-c1cccc2ccccc12. The second-order valence-corrected chi connectivity index (χ2v) is 11.2. The van der Waals surface area contributed by atoms with E-state index in [9.17, 15) is 0 Å². The number of morpholine rings is 1. The first-order valence-corrected chi connectivity index (χ1v) is 14.6. The van der Waals surface area contributed by atoms with E-state index in [-0.39, 0.29) is 12.1 Å². The van der Waals surface area contributed by atoms with Crippen molar-refractivity contribution in [2.45, 2.75) is 25.9 Å². The smallest absolute Gasteiger partial charge is 0.174 e. The van der Waals surface area contributed by atoms with Crippen molar-refractivity contribution in [3.8, 4) is 5.69 Å². The van der Waals surface area contributed by atoms with Gasteiger partial charge < -0.3 is 24.4 Å². The first-order valence-electron chi connectivity index (χ1n) is 14.2. The number of fused-ring (bicyclic) bond motifs is 1. The van der Waals surface area contributed by atoms with E-state index in [1.165, 1.54) is 39.1 Å². The maximum absolute atomic E-state index is 6.03. The molecular weight excluding hydrogens is 526 g/mol. The van der Waals surface area contributed by atoms with E-state index in [1.54, 1.807) is 0 Å². The number of rotatable bonds is 5. The number of anilines is 2. The van der Waals surface area contributed by atoms with Crippen LogP contribution in [-0.2, 0) is 4.74 Å². The monoisotopic (exact) mass is 559 g/mol. The van der Waals surface area contributed by atoms with E-state index in [4.69, 9.17) is 21.9 Å². The number of pyridine rings is 1. The number of thiocarbonyl (C=S) groups is 1. The summed E-state index contributed by atoms with van der Waals surface area (Å²) < 4.78 is 7.94. The lowest BCUT2D eigenvalue weighted by molar-refractivity contribution is 0.122. The molecule has 41 heavy (non-hydrogen) atoms. The summed E-state index contributed by atoms with van der Waals surface area (Å²) in [6.45, 7) is 7.77. The Kier molecular flexibility index (Phi) is 6.69. The summed E-state index contributed by atoms with van der Waals surface area (Å²) in [6, 6.07) is 32.1. The fourth-order valence-electron chi connectivity index (χ4n) is 6.46. The van der Waals surface area contributed by atoms with Gasteiger partial charge in [-0.1, -0.05) is 42.5 Å². The van der Waals surface area contributed by atoms with Gasteiger partial charge in [0.1, 0.15) is 0 Å². The van der Waals surface area contributed by atoms with Crippen LogP contribution in [0.3, 0.4) is 0 Å². The van der Waals surface area contributed by atoms with Gasteiger partial charge in [-0.25, -0.2) is 0 Å². The summed E-state index contributed by atoms with van der Waals surface area (Å²) in [5.74, 6) is 0. The number of ether oxygens (including phenoxy) is 1. The third kappa shape index (κ3) is 4.55. The Labute approximate surface area is 246 Å². The highest BCUT2D eigenvalue weighted by atomic mass is 32.1. The molecule has 7 rings (SSSR count). The highest BCUT2D eigenvalue weighted by Crippen LogP contribution is 2.44. The van der Waals surface area contributed by atoms with Crippen molar-refractivity contribution in [1.29, 1.82) is 0 Å². The minimum absolute atomic E-state index is 0.0680. The molecule has 5 aromatic rings. The largest absolute Gasteiger partial charge is 0.378 e. The molecule has 0 saturated carbocycles. The lowest BCUT2D eigenvalue weighted by Crippen LogP contribution is -2.36. The zero-order valence-electron chi connectivity index (χ0n) is 23.3. The first-order chi connectivity index (χ1) is 20.1. The normalized spacial score (nSPS) is 19.1. The molecule has 206 valence electrons. The number of benzene rings is 3. The van der Waals surface area contributed by atoms with Gasteiger partial charge in [-0.2, -0.15) is 0 Å². The Morgan fingerprint density at radius 2 is 1.59 bits per heavy atom. The summed E-state index contributed by atoms with van der Waals surface area (Å²) in [6.07, 6.45) is 1.86. The van der Waals surface area contributed by atoms with Crippen molar-refractivity contribution in [3.05, 3.63) is 120 Å². The zero-order chi connectivity index (χ0) is 27.9. The lowest BCUT2D eigenvalue weighted by atomic mass is 9.96. The molecule has 1 N–H and O–H groups in total. The van der Waals surface area contributed by atoms with Crippen LogP contribution in [0.5, 0.6) is 0 Å². The number of aromatic nitrogens is 2. The Morgan fingerprint density at radius 3 is 2.37 bits per heavy atom. The molecule has 2 aromatic heterocycles. The molecule has 6 nitrogen and oxygen atoms in total. The zero-order valence-corrected chi connectivity index (χ0v) is 24.1. The number of nitrogens with zero attached hydrogens (tertiary/aromatic N) is 4. The Morgan fingerprint density at radius 1 is 0.854 bits per heavy atom. The van der Waals surface area contributed by atoms with Crippen molar-refractivity contribution in [2.75, 3.05) is 36.1 Å². The fraction of sp³-hybridized carbons (Fsp3) is 0.235. The number of hydrogen-bond acceptors (Lipinski definition) is 4. The molecule has 3 aromatic carbocycles. The molecule has 0 aliphatic carbocycles. The first kappa shape index (κ1) is 25.7. The molecule has 0 unspecified atom stereocenters. The highest BCUT2D eigenvalue weighted by Gasteiger charge is 2.42. The standard InChI is InChI=1S/C34H33N5OS/c1-23-22-29(24(2)38(23)31-12-7-9-25-8-3-4-10-28(25)31)33-32(30-11-5-6-17-35-30)36-34(41)39(33)27-15-13-26(14-16-27)37-18-20-40-21-19-37/h3-17,22,32-33H,18-21H2,1-2H3,(H,36,41)/t32-,33+/m1/s1. The average molecular weight is 560 g/mol. The van der Waals surface area contributed by atoms with Crippen LogP contribution >= 0.6 is 12.2 Å². The van der Waals surface area contributed by atoms with Gasteiger partial charge in [0.25, 0.3) is 0 Å². The Hall–Kier alpha value is -4.20. The molecule has 0 radical (unpaired) electrons. The summed E-state index contributed by atoms with van der Waals surface area (Å²) >= 11 is 6.03. The quantitative estimate of drug-likeness (QED) is 0.243. The van der Waals surface area contributed by atoms with E-state index in [0.29, 0.717) is 5.11 Å². The van der Waals surface area contributed by atoms with Gasteiger partial charge in [-0.05, 0) is 85.5 Å². The molecule has 7 heteroatoms. The summed E-state index contributed by atoms with van der Waals surface area (Å²) in [4.78, 5) is 9.40. The second kappa shape index (κ2) is 10.7. The summed E-state index contributed by atoms with van der Waals surface area (Å²) in [7, 11) is 0. The molecule has 0 bridgehead atoms. The Bertz CT molecular complexity index is 1700. The maximum atomic E-state index is 6.03. The summed E-state index contributed by atoms with van der Waals surface area (Å²) in [5, 5.41) is 6.81. The molecule has 0 spiro atoms. The topological polar surface area (TPSA) is 45.6 Å². The van der Waals surface area contributed by atoms with Crippen molar-refractivity contribution >= 4 is 39.5 Å². The minimum atomic E-state index is -0.0934. The van der Waals surface area contributed by atoms with E-state index in [0.717, 1.165) is 37.7 Å². The van der Waals surface area contributed by atoms with Crippen molar-refractivity contribution < 1.29 is 4.74 Å². The molecule has 2 atom stereocenters. The van der Waals surface area contributed by atoms with E-state index in [2.05, 4.69) is 112 Å². The van der Waals surface area contributed by atoms with Crippen LogP contribution in [0, 0.1) is 13.8 Å². The number of hydrogen-bond donors (Lipinski definition) is 1. The van der Waals surface area contributed by atoms with Crippen LogP contribution in [0.1, 0.15) is 34.7 Å². The molecule has 2 aliphatic heterocycles. The van der Waals surface area contributed by atoms with Crippen LogP contribution in [0.25, 0.3) is 16.5 Å². The van der Waals surface area contributed by atoms with E-state index in [1.807, 2.05) is 18.3 Å². The maximum Gasteiger partial charge on any atom is 0.174 e. The molecule has 0 amide bonds. The third-order valence-corrected chi connectivity index (χ3v) is 8.71. The van der Waals surface area contributed by atoms with Crippen molar-refractivity contribution in [3.63, 3.8) is 0 Å². The van der Waals surface area contributed by atoms with E-state index < -0.39 is 0 Å². The second-order valence-electron chi connectivity index (χ2n) is 10.8. The van der Waals surface area contributed by atoms with Crippen molar-refractivity contribution in [2.24, 2.45) is 0 Å². The molecule has 4 heterocycles.